The predicted octanol–water partition coefficient (Wildman–Crippen LogP) is 2.67. The molecule has 0 atom stereocenters. The molecule has 5 heteroatoms. The number of nitrogens with zero attached hydrogens (tertiary/aromatic N) is 1. The lowest BCUT2D eigenvalue weighted by Crippen LogP contribution is -1.97. The summed E-state index contributed by atoms with van der Waals surface area (Å²) in [6.07, 6.45) is 1.73. The SMILES string of the molecule is COc1cc(-c2cnc(N)c(C)c2)cc(OC)c1OC. The van der Waals surface area contributed by atoms with E-state index in [-0.39, 0.29) is 0 Å². The van der Waals surface area contributed by atoms with Crippen LogP contribution in [0.4, 0.5) is 5.82 Å². The third-order valence-corrected chi connectivity index (χ3v) is 3.12. The van der Waals surface area contributed by atoms with E-state index >= 15 is 0 Å². The molecule has 106 valence electrons. The standard InChI is InChI=1S/C15H18N2O3/c1-9-5-11(8-17-15(9)16)10-6-12(18-2)14(20-4)13(7-10)19-3/h5-8H,1-4H3,(H2,16,17). The summed E-state index contributed by atoms with van der Waals surface area (Å²) in [6.45, 7) is 1.92. The minimum absolute atomic E-state index is 0.529. The number of anilines is 1. The Labute approximate surface area is 118 Å². The van der Waals surface area contributed by atoms with E-state index in [0.717, 1.165) is 16.7 Å². The van der Waals surface area contributed by atoms with E-state index in [4.69, 9.17) is 19.9 Å². The van der Waals surface area contributed by atoms with Crippen molar-refractivity contribution in [1.29, 1.82) is 0 Å². The van der Waals surface area contributed by atoms with Gasteiger partial charge in [-0.1, -0.05) is 0 Å². The number of aromatic nitrogens is 1. The Hall–Kier alpha value is -2.43. The third kappa shape index (κ3) is 2.47. The van der Waals surface area contributed by atoms with Gasteiger partial charge in [0.25, 0.3) is 0 Å². The number of hydrogen-bond donors (Lipinski definition) is 1. The third-order valence-electron chi connectivity index (χ3n) is 3.12. The van der Waals surface area contributed by atoms with Gasteiger partial charge >= 0.3 is 0 Å². The molecule has 0 saturated carbocycles. The van der Waals surface area contributed by atoms with Gasteiger partial charge in [0.1, 0.15) is 5.82 Å². The number of nitrogens with two attached hydrogens (primary N) is 1. The van der Waals surface area contributed by atoms with E-state index in [9.17, 15) is 0 Å². The monoisotopic (exact) mass is 274 g/mol. The van der Waals surface area contributed by atoms with Crippen molar-refractivity contribution in [2.75, 3.05) is 27.1 Å². The van der Waals surface area contributed by atoms with E-state index in [2.05, 4.69) is 4.98 Å². The maximum absolute atomic E-state index is 5.74. The van der Waals surface area contributed by atoms with Crippen LogP contribution in [-0.4, -0.2) is 26.3 Å². The quantitative estimate of drug-likeness (QED) is 0.928. The van der Waals surface area contributed by atoms with Crippen LogP contribution >= 0.6 is 0 Å². The second-order valence-corrected chi connectivity index (χ2v) is 4.34. The van der Waals surface area contributed by atoms with Crippen LogP contribution in [0.1, 0.15) is 5.56 Å². The number of hydrogen-bond acceptors (Lipinski definition) is 5. The first-order valence-corrected chi connectivity index (χ1v) is 6.13. The Balaban J connectivity index is 2.59. The van der Waals surface area contributed by atoms with Gasteiger partial charge in [-0.2, -0.15) is 0 Å². The topological polar surface area (TPSA) is 66.6 Å². The Morgan fingerprint density at radius 2 is 1.50 bits per heavy atom. The van der Waals surface area contributed by atoms with Gasteiger partial charge in [-0.15, -0.1) is 0 Å². The molecule has 0 aliphatic heterocycles. The van der Waals surface area contributed by atoms with E-state index in [1.54, 1.807) is 27.5 Å². The van der Waals surface area contributed by atoms with Crippen LogP contribution < -0.4 is 19.9 Å². The van der Waals surface area contributed by atoms with E-state index in [1.807, 2.05) is 25.1 Å². The second-order valence-electron chi connectivity index (χ2n) is 4.34. The van der Waals surface area contributed by atoms with Gasteiger partial charge in [-0.05, 0) is 36.2 Å². The molecule has 2 rings (SSSR count). The maximum Gasteiger partial charge on any atom is 0.203 e. The van der Waals surface area contributed by atoms with Crippen LogP contribution in [0.2, 0.25) is 0 Å². The van der Waals surface area contributed by atoms with Gasteiger partial charge in [0.05, 0.1) is 21.3 Å². The first kappa shape index (κ1) is 14.0. The summed E-state index contributed by atoms with van der Waals surface area (Å²) < 4.78 is 16.0. The molecule has 2 aromatic rings. The van der Waals surface area contributed by atoms with Crippen LogP contribution in [0.3, 0.4) is 0 Å². The maximum atomic E-state index is 5.74. The molecule has 20 heavy (non-hydrogen) atoms. The zero-order valence-electron chi connectivity index (χ0n) is 12.1. The molecule has 1 heterocycles. The van der Waals surface area contributed by atoms with Crippen LogP contribution in [-0.2, 0) is 0 Å². The van der Waals surface area contributed by atoms with Crippen LogP contribution in [0.25, 0.3) is 11.1 Å². The van der Waals surface area contributed by atoms with E-state index < -0.39 is 0 Å². The Bertz CT molecular complexity index is 602. The fourth-order valence-corrected chi connectivity index (χ4v) is 1.99. The molecule has 0 spiro atoms. The van der Waals surface area contributed by atoms with Gasteiger partial charge in [-0.25, -0.2) is 4.98 Å². The fraction of sp³-hybridized carbons (Fsp3) is 0.267. The number of aryl methyl sites for hydroxylation is 1. The lowest BCUT2D eigenvalue weighted by Gasteiger charge is -2.14. The summed E-state index contributed by atoms with van der Waals surface area (Å²) in [4.78, 5) is 4.17. The van der Waals surface area contributed by atoms with Crippen molar-refractivity contribution in [1.82, 2.24) is 4.98 Å². The number of pyridine rings is 1. The molecular weight excluding hydrogens is 256 g/mol. The molecule has 0 aliphatic carbocycles. The summed E-state index contributed by atoms with van der Waals surface area (Å²) >= 11 is 0. The second kappa shape index (κ2) is 5.69. The minimum atomic E-state index is 0.529. The summed E-state index contributed by atoms with van der Waals surface area (Å²) in [5.74, 6) is 2.31. The fourth-order valence-electron chi connectivity index (χ4n) is 1.99. The zero-order valence-corrected chi connectivity index (χ0v) is 12.1. The van der Waals surface area contributed by atoms with Crippen LogP contribution in [0.5, 0.6) is 17.2 Å². The lowest BCUT2D eigenvalue weighted by atomic mass is 10.0. The van der Waals surface area contributed by atoms with E-state index in [0.29, 0.717) is 23.1 Å². The molecule has 0 unspecified atom stereocenters. The Morgan fingerprint density at radius 3 is 1.95 bits per heavy atom. The van der Waals surface area contributed by atoms with Crippen molar-refractivity contribution in [3.63, 3.8) is 0 Å². The summed E-state index contributed by atoms with van der Waals surface area (Å²) in [5, 5.41) is 0. The summed E-state index contributed by atoms with van der Waals surface area (Å²) in [5.41, 5.74) is 8.54. The van der Waals surface area contributed by atoms with Crippen molar-refractivity contribution in [3.05, 3.63) is 30.0 Å². The molecule has 1 aromatic heterocycles. The number of benzene rings is 1. The molecule has 0 bridgehead atoms. The normalized spacial score (nSPS) is 10.2. The molecule has 0 radical (unpaired) electrons. The van der Waals surface area contributed by atoms with Crippen LogP contribution in [0, 0.1) is 6.92 Å². The zero-order chi connectivity index (χ0) is 14.7. The first-order chi connectivity index (χ1) is 9.60. The van der Waals surface area contributed by atoms with Gasteiger partial charge in [0, 0.05) is 11.8 Å². The highest BCUT2D eigenvalue weighted by molar-refractivity contribution is 5.71. The Kier molecular flexibility index (Phi) is 3.98. The molecule has 0 amide bonds. The van der Waals surface area contributed by atoms with Crippen molar-refractivity contribution < 1.29 is 14.2 Å². The molecule has 1 aromatic carbocycles. The molecule has 5 nitrogen and oxygen atoms in total. The van der Waals surface area contributed by atoms with Crippen LogP contribution in [0.15, 0.2) is 24.4 Å². The predicted molar refractivity (Wildman–Crippen MR) is 78.5 cm³/mol. The van der Waals surface area contributed by atoms with Gasteiger partial charge in [0.15, 0.2) is 11.5 Å². The number of rotatable bonds is 4. The lowest BCUT2D eigenvalue weighted by molar-refractivity contribution is 0.324. The number of ether oxygens (including phenoxy) is 3. The van der Waals surface area contributed by atoms with Gasteiger partial charge < -0.3 is 19.9 Å². The largest absolute Gasteiger partial charge is 0.493 e. The summed E-state index contributed by atoms with van der Waals surface area (Å²) in [6, 6.07) is 5.74. The molecule has 0 saturated heterocycles. The van der Waals surface area contributed by atoms with Crippen molar-refractivity contribution in [2.24, 2.45) is 0 Å². The highest BCUT2D eigenvalue weighted by atomic mass is 16.5. The minimum Gasteiger partial charge on any atom is -0.493 e. The van der Waals surface area contributed by atoms with Crippen molar-refractivity contribution in [2.45, 2.75) is 6.92 Å². The molecule has 2 N–H and O–H groups in total. The molecular formula is C15H18N2O3. The highest BCUT2D eigenvalue weighted by Crippen LogP contribution is 2.41. The van der Waals surface area contributed by atoms with Gasteiger partial charge in [0.2, 0.25) is 5.75 Å². The first-order valence-electron chi connectivity index (χ1n) is 6.13. The smallest absolute Gasteiger partial charge is 0.203 e. The molecule has 0 aliphatic rings. The van der Waals surface area contributed by atoms with Crippen molar-refractivity contribution in [3.8, 4) is 28.4 Å². The average Bonchev–Trinajstić information content (AvgIpc) is 2.48. The summed E-state index contributed by atoms with van der Waals surface area (Å²) in [7, 11) is 4.76. The average molecular weight is 274 g/mol. The number of methoxy groups -OCH3 is 3. The van der Waals surface area contributed by atoms with Gasteiger partial charge in [-0.3, -0.25) is 0 Å². The van der Waals surface area contributed by atoms with E-state index in [1.165, 1.54) is 0 Å². The Morgan fingerprint density at radius 1 is 0.900 bits per heavy atom. The highest BCUT2D eigenvalue weighted by Gasteiger charge is 2.14. The number of nitrogen functional groups attached to an aromatic ring is 1. The van der Waals surface area contributed by atoms with Crippen molar-refractivity contribution >= 4 is 5.82 Å². The molecule has 0 fully saturated rings.